The predicted octanol–water partition coefficient (Wildman–Crippen LogP) is 0.310. The van der Waals surface area contributed by atoms with E-state index < -0.39 is 0 Å². The Hall–Kier alpha value is -1.08. The quantitative estimate of drug-likeness (QED) is 0.637. The molecule has 1 saturated heterocycles. The first-order chi connectivity index (χ1) is 6.63. The van der Waals surface area contributed by atoms with Gasteiger partial charge in [0.25, 0.3) is 0 Å². The van der Waals surface area contributed by atoms with Gasteiger partial charge < -0.3 is 4.90 Å². The van der Waals surface area contributed by atoms with E-state index >= 15 is 0 Å². The topological polar surface area (TPSA) is 47.3 Å². The van der Waals surface area contributed by atoms with Crippen LogP contribution in [0.1, 0.15) is 13.8 Å². The summed E-state index contributed by atoms with van der Waals surface area (Å²) in [4.78, 5) is 15.1. The Morgan fingerprint density at radius 2 is 2.00 bits per heavy atom. The minimum atomic E-state index is 0.0823. The highest BCUT2D eigenvalue weighted by Gasteiger charge is 2.19. The summed E-state index contributed by atoms with van der Waals surface area (Å²) in [5.74, 6) is 0.233. The van der Waals surface area contributed by atoms with E-state index in [0.29, 0.717) is 0 Å². The molecule has 0 saturated carbocycles. The van der Waals surface area contributed by atoms with Crippen LogP contribution in [-0.4, -0.2) is 48.4 Å². The maximum atomic E-state index is 11.0. The number of hydrogen-bond acceptors (Lipinski definition) is 3. The third-order valence-corrected chi connectivity index (χ3v) is 2.57. The molecule has 1 rings (SSSR count). The smallest absolute Gasteiger partial charge is 0.219 e. The fraction of sp³-hybridized carbons (Fsp3) is 0.800. The average Bonchev–Trinajstić information content (AvgIpc) is 2.18. The van der Waals surface area contributed by atoms with Crippen molar-refractivity contribution in [2.24, 2.45) is 5.92 Å². The molecular weight excluding hydrogens is 178 g/mol. The zero-order valence-corrected chi connectivity index (χ0v) is 8.86. The number of rotatable bonds is 2. The highest BCUT2D eigenvalue weighted by molar-refractivity contribution is 5.73. The molecule has 0 spiro atoms. The van der Waals surface area contributed by atoms with Crippen molar-refractivity contribution < 1.29 is 4.79 Å². The normalized spacial score (nSPS) is 20.2. The Labute approximate surface area is 85.1 Å². The van der Waals surface area contributed by atoms with Crippen LogP contribution in [0.3, 0.4) is 0 Å². The second-order valence-electron chi connectivity index (χ2n) is 3.84. The molecule has 4 nitrogen and oxygen atoms in total. The van der Waals surface area contributed by atoms with Crippen LogP contribution < -0.4 is 0 Å². The van der Waals surface area contributed by atoms with Crippen LogP contribution in [0.25, 0.3) is 0 Å². The molecule has 0 aromatic carbocycles. The maximum absolute atomic E-state index is 11.0. The molecule has 1 heterocycles. The van der Waals surface area contributed by atoms with Gasteiger partial charge in [0, 0.05) is 39.6 Å². The minimum absolute atomic E-state index is 0.0823. The van der Waals surface area contributed by atoms with Crippen LogP contribution in [0.4, 0.5) is 0 Å². The van der Waals surface area contributed by atoms with E-state index in [1.165, 1.54) is 0 Å². The van der Waals surface area contributed by atoms with E-state index in [9.17, 15) is 4.79 Å². The third kappa shape index (κ3) is 3.00. The standard InChI is InChI=1S/C10H17N3O/c1-9(7-11)8-12-3-5-13(6-4-12)10(2)14/h9H,3-6,8H2,1-2H3. The van der Waals surface area contributed by atoms with Gasteiger partial charge in [-0.3, -0.25) is 9.69 Å². The highest BCUT2D eigenvalue weighted by Crippen LogP contribution is 2.04. The van der Waals surface area contributed by atoms with Crippen LogP contribution in [0.2, 0.25) is 0 Å². The maximum Gasteiger partial charge on any atom is 0.219 e. The Bertz CT molecular complexity index is 238. The Morgan fingerprint density at radius 3 is 2.43 bits per heavy atom. The first-order valence-electron chi connectivity index (χ1n) is 5.01. The molecule has 4 heteroatoms. The fourth-order valence-corrected chi connectivity index (χ4v) is 1.67. The van der Waals surface area contributed by atoms with Crippen LogP contribution >= 0.6 is 0 Å². The first-order valence-corrected chi connectivity index (χ1v) is 5.01. The summed E-state index contributed by atoms with van der Waals surface area (Å²) in [7, 11) is 0. The summed E-state index contributed by atoms with van der Waals surface area (Å²) in [5.41, 5.74) is 0. The summed E-state index contributed by atoms with van der Waals surface area (Å²) < 4.78 is 0. The summed E-state index contributed by atoms with van der Waals surface area (Å²) in [6.07, 6.45) is 0. The van der Waals surface area contributed by atoms with E-state index in [-0.39, 0.29) is 11.8 Å². The van der Waals surface area contributed by atoms with Gasteiger partial charge in [0.05, 0.1) is 12.0 Å². The number of carbonyl (C=O) groups is 1. The second-order valence-corrected chi connectivity index (χ2v) is 3.84. The highest BCUT2D eigenvalue weighted by atomic mass is 16.2. The molecule has 14 heavy (non-hydrogen) atoms. The molecule has 1 aliphatic rings. The number of nitriles is 1. The summed E-state index contributed by atoms with van der Waals surface area (Å²) >= 11 is 0. The van der Waals surface area contributed by atoms with Gasteiger partial charge in [-0.15, -0.1) is 0 Å². The first kappa shape index (κ1) is 11.0. The SMILES string of the molecule is CC(=O)N1CCN(CC(C)C#N)CC1. The Balaban J connectivity index is 2.29. The van der Waals surface area contributed by atoms with Gasteiger partial charge in [-0.05, 0) is 6.92 Å². The molecular formula is C10H17N3O. The van der Waals surface area contributed by atoms with E-state index in [1.54, 1.807) is 6.92 Å². The lowest BCUT2D eigenvalue weighted by atomic mass is 10.2. The fourth-order valence-electron chi connectivity index (χ4n) is 1.67. The Morgan fingerprint density at radius 1 is 1.43 bits per heavy atom. The van der Waals surface area contributed by atoms with Crippen molar-refractivity contribution >= 4 is 5.91 Å². The monoisotopic (exact) mass is 195 g/mol. The van der Waals surface area contributed by atoms with Gasteiger partial charge in [-0.2, -0.15) is 5.26 Å². The third-order valence-electron chi connectivity index (χ3n) is 2.57. The molecule has 1 unspecified atom stereocenters. The van der Waals surface area contributed by atoms with Crippen LogP contribution in [0.15, 0.2) is 0 Å². The van der Waals surface area contributed by atoms with E-state index in [0.717, 1.165) is 32.7 Å². The van der Waals surface area contributed by atoms with Crippen molar-refractivity contribution in [1.29, 1.82) is 5.26 Å². The molecule has 1 amide bonds. The van der Waals surface area contributed by atoms with Gasteiger partial charge in [-0.25, -0.2) is 0 Å². The number of amides is 1. The summed E-state index contributed by atoms with van der Waals surface area (Å²) in [6, 6.07) is 2.22. The van der Waals surface area contributed by atoms with Crippen molar-refractivity contribution in [3.05, 3.63) is 0 Å². The van der Waals surface area contributed by atoms with Gasteiger partial charge in [-0.1, -0.05) is 0 Å². The molecule has 0 aromatic rings. The lowest BCUT2D eigenvalue weighted by Crippen LogP contribution is -2.48. The van der Waals surface area contributed by atoms with Crippen LogP contribution in [-0.2, 0) is 4.79 Å². The molecule has 0 bridgehead atoms. The average molecular weight is 195 g/mol. The molecule has 0 aromatic heterocycles. The number of nitrogens with zero attached hydrogens (tertiary/aromatic N) is 3. The zero-order valence-electron chi connectivity index (χ0n) is 8.86. The lowest BCUT2D eigenvalue weighted by Gasteiger charge is -2.34. The molecule has 0 radical (unpaired) electrons. The van der Waals surface area contributed by atoms with Crippen molar-refractivity contribution in [2.75, 3.05) is 32.7 Å². The number of hydrogen-bond donors (Lipinski definition) is 0. The molecule has 1 aliphatic heterocycles. The largest absolute Gasteiger partial charge is 0.340 e. The van der Waals surface area contributed by atoms with Crippen molar-refractivity contribution in [2.45, 2.75) is 13.8 Å². The van der Waals surface area contributed by atoms with Crippen LogP contribution in [0.5, 0.6) is 0 Å². The van der Waals surface area contributed by atoms with Crippen molar-refractivity contribution in [1.82, 2.24) is 9.80 Å². The Kier molecular flexibility index (Phi) is 3.90. The zero-order chi connectivity index (χ0) is 10.6. The van der Waals surface area contributed by atoms with Crippen molar-refractivity contribution in [3.8, 4) is 6.07 Å². The van der Waals surface area contributed by atoms with Gasteiger partial charge in [0.1, 0.15) is 0 Å². The van der Waals surface area contributed by atoms with Gasteiger partial charge >= 0.3 is 0 Å². The van der Waals surface area contributed by atoms with Crippen LogP contribution in [0, 0.1) is 17.2 Å². The second kappa shape index (κ2) is 4.97. The predicted molar refractivity (Wildman–Crippen MR) is 53.5 cm³/mol. The molecule has 1 atom stereocenters. The molecule has 1 fully saturated rings. The van der Waals surface area contributed by atoms with Gasteiger partial charge in [0.2, 0.25) is 5.91 Å². The van der Waals surface area contributed by atoms with Gasteiger partial charge in [0.15, 0.2) is 0 Å². The lowest BCUT2D eigenvalue weighted by molar-refractivity contribution is -0.130. The van der Waals surface area contributed by atoms with E-state index in [1.807, 2.05) is 11.8 Å². The molecule has 78 valence electrons. The molecule has 0 aliphatic carbocycles. The van der Waals surface area contributed by atoms with E-state index in [4.69, 9.17) is 5.26 Å². The minimum Gasteiger partial charge on any atom is -0.340 e. The summed E-state index contributed by atoms with van der Waals surface area (Å²) in [5, 5.41) is 8.66. The van der Waals surface area contributed by atoms with E-state index in [2.05, 4.69) is 11.0 Å². The number of carbonyl (C=O) groups excluding carboxylic acids is 1. The number of piperazine rings is 1. The summed E-state index contributed by atoms with van der Waals surface area (Å²) in [6.45, 7) is 7.74. The molecule has 0 N–H and O–H groups in total. The van der Waals surface area contributed by atoms with Crippen molar-refractivity contribution in [3.63, 3.8) is 0 Å².